The molecule has 128 valence electrons. The Morgan fingerprint density at radius 3 is 3.04 bits per heavy atom. The molecule has 2 N–H and O–H groups in total. The molecular weight excluding hydrogens is 332 g/mol. The molecule has 1 atom stereocenters. The highest BCUT2D eigenvalue weighted by Crippen LogP contribution is 2.35. The molecule has 24 heavy (non-hydrogen) atoms. The van der Waals surface area contributed by atoms with E-state index in [-0.39, 0.29) is 28.2 Å². The number of halogens is 1. The van der Waals surface area contributed by atoms with Crippen LogP contribution in [0.25, 0.3) is 6.08 Å². The second-order valence-electron chi connectivity index (χ2n) is 5.30. The van der Waals surface area contributed by atoms with Crippen LogP contribution in [-0.2, 0) is 9.53 Å². The van der Waals surface area contributed by atoms with Gasteiger partial charge in [-0.25, -0.2) is 0 Å². The highest BCUT2D eigenvalue weighted by Gasteiger charge is 2.18. The zero-order chi connectivity index (χ0) is 17.5. The molecule has 1 unspecified atom stereocenters. The average molecular weight is 351 g/mol. The van der Waals surface area contributed by atoms with Crippen LogP contribution in [-0.4, -0.2) is 36.9 Å². The summed E-state index contributed by atoms with van der Waals surface area (Å²) in [5.41, 5.74) is 0.433. The van der Waals surface area contributed by atoms with Gasteiger partial charge >= 0.3 is 0 Å². The van der Waals surface area contributed by atoms with Crippen molar-refractivity contribution in [3.63, 3.8) is 0 Å². The molecule has 0 saturated carbocycles. The number of amides is 1. The van der Waals surface area contributed by atoms with Gasteiger partial charge in [-0.3, -0.25) is 4.79 Å². The van der Waals surface area contributed by atoms with Crippen molar-refractivity contribution in [1.82, 2.24) is 5.32 Å². The van der Waals surface area contributed by atoms with Crippen molar-refractivity contribution in [2.75, 3.05) is 19.8 Å². The van der Waals surface area contributed by atoms with Crippen molar-refractivity contribution in [1.29, 1.82) is 5.26 Å². The zero-order valence-electron chi connectivity index (χ0n) is 13.3. The van der Waals surface area contributed by atoms with E-state index in [1.54, 1.807) is 6.92 Å². The number of nitrogens with one attached hydrogen (secondary N) is 1. The molecule has 1 amide bonds. The molecule has 2 rings (SSSR count). The second-order valence-corrected chi connectivity index (χ2v) is 5.70. The number of rotatable bonds is 6. The Balaban J connectivity index is 2.13. The fraction of sp³-hybridized carbons (Fsp3) is 0.412. The van der Waals surface area contributed by atoms with E-state index in [1.165, 1.54) is 18.2 Å². The molecule has 0 radical (unpaired) electrons. The summed E-state index contributed by atoms with van der Waals surface area (Å²) in [6.07, 6.45) is 3.28. The number of nitrogens with zero attached hydrogens (tertiary/aromatic N) is 1. The van der Waals surface area contributed by atoms with Gasteiger partial charge in [0.2, 0.25) is 0 Å². The Morgan fingerprint density at radius 1 is 1.62 bits per heavy atom. The SMILES string of the molecule is CCOc1cc(C=C(C#N)C(=O)NCC2CCCO2)cc(Cl)c1O. The minimum absolute atomic E-state index is 0.00145. The van der Waals surface area contributed by atoms with E-state index in [1.807, 2.05) is 6.07 Å². The van der Waals surface area contributed by atoms with E-state index in [0.717, 1.165) is 12.8 Å². The number of benzene rings is 1. The zero-order valence-corrected chi connectivity index (χ0v) is 14.1. The van der Waals surface area contributed by atoms with Crippen molar-refractivity contribution in [3.8, 4) is 17.6 Å². The van der Waals surface area contributed by atoms with E-state index in [0.29, 0.717) is 25.3 Å². The Morgan fingerprint density at radius 2 is 2.42 bits per heavy atom. The molecule has 0 aromatic heterocycles. The summed E-state index contributed by atoms with van der Waals surface area (Å²) in [5, 5.41) is 21.8. The van der Waals surface area contributed by atoms with Crippen LogP contribution in [0.1, 0.15) is 25.3 Å². The maximum Gasteiger partial charge on any atom is 0.262 e. The van der Waals surface area contributed by atoms with Crippen LogP contribution < -0.4 is 10.1 Å². The topological polar surface area (TPSA) is 91.6 Å². The minimum Gasteiger partial charge on any atom is -0.503 e. The Bertz CT molecular complexity index is 676. The summed E-state index contributed by atoms with van der Waals surface area (Å²) in [6, 6.07) is 4.86. The van der Waals surface area contributed by atoms with Crippen LogP contribution in [0, 0.1) is 11.3 Å². The lowest BCUT2D eigenvalue weighted by atomic mass is 10.1. The van der Waals surface area contributed by atoms with Crippen molar-refractivity contribution >= 4 is 23.6 Å². The van der Waals surface area contributed by atoms with Crippen LogP contribution in [0.5, 0.6) is 11.5 Å². The third-order valence-corrected chi connectivity index (χ3v) is 3.83. The molecule has 1 aromatic carbocycles. The van der Waals surface area contributed by atoms with Gasteiger partial charge in [0, 0.05) is 13.2 Å². The third kappa shape index (κ3) is 4.63. The lowest BCUT2D eigenvalue weighted by Gasteiger charge is -2.11. The molecule has 0 aliphatic carbocycles. The third-order valence-electron chi connectivity index (χ3n) is 3.54. The van der Waals surface area contributed by atoms with E-state index in [9.17, 15) is 15.2 Å². The van der Waals surface area contributed by atoms with E-state index in [4.69, 9.17) is 21.1 Å². The number of phenolic OH excluding ortho intramolecular Hbond substituents is 1. The van der Waals surface area contributed by atoms with Gasteiger partial charge in [0.05, 0.1) is 17.7 Å². The van der Waals surface area contributed by atoms with Gasteiger partial charge in [0.15, 0.2) is 11.5 Å². The Kier molecular flexibility index (Phi) is 6.47. The number of nitriles is 1. The summed E-state index contributed by atoms with van der Waals surface area (Å²) < 4.78 is 10.7. The maximum absolute atomic E-state index is 12.1. The van der Waals surface area contributed by atoms with Crippen molar-refractivity contribution in [2.45, 2.75) is 25.9 Å². The predicted octanol–water partition coefficient (Wildman–Crippen LogP) is 2.65. The molecule has 7 heteroatoms. The minimum atomic E-state index is -0.477. The van der Waals surface area contributed by atoms with Gasteiger partial charge in [-0.1, -0.05) is 11.6 Å². The van der Waals surface area contributed by atoms with Crippen molar-refractivity contribution < 1.29 is 19.4 Å². The van der Waals surface area contributed by atoms with Gasteiger partial charge in [-0.05, 0) is 43.5 Å². The van der Waals surface area contributed by atoms with E-state index < -0.39 is 5.91 Å². The summed E-state index contributed by atoms with van der Waals surface area (Å²) in [4.78, 5) is 12.1. The molecule has 0 spiro atoms. The maximum atomic E-state index is 12.1. The number of aromatic hydroxyl groups is 1. The average Bonchev–Trinajstić information content (AvgIpc) is 3.08. The monoisotopic (exact) mass is 350 g/mol. The molecule has 1 aliphatic rings. The van der Waals surface area contributed by atoms with Crippen LogP contribution in [0.3, 0.4) is 0 Å². The Hall–Kier alpha value is -2.23. The van der Waals surface area contributed by atoms with Gasteiger partial charge in [0.25, 0.3) is 5.91 Å². The van der Waals surface area contributed by atoms with Gasteiger partial charge in [0.1, 0.15) is 11.6 Å². The first kappa shape index (κ1) is 18.1. The normalized spacial score (nSPS) is 17.4. The molecule has 1 aliphatic heterocycles. The smallest absolute Gasteiger partial charge is 0.262 e. The van der Waals surface area contributed by atoms with Gasteiger partial charge < -0.3 is 19.9 Å². The van der Waals surface area contributed by atoms with Crippen molar-refractivity contribution in [2.24, 2.45) is 0 Å². The fourth-order valence-electron chi connectivity index (χ4n) is 2.36. The first-order chi connectivity index (χ1) is 11.5. The fourth-order valence-corrected chi connectivity index (χ4v) is 2.58. The van der Waals surface area contributed by atoms with Gasteiger partial charge in [-0.2, -0.15) is 5.26 Å². The first-order valence-electron chi connectivity index (χ1n) is 7.72. The lowest BCUT2D eigenvalue weighted by molar-refractivity contribution is -0.117. The Labute approximate surface area is 145 Å². The molecule has 6 nitrogen and oxygen atoms in total. The highest BCUT2D eigenvalue weighted by atomic mass is 35.5. The number of hydrogen-bond acceptors (Lipinski definition) is 5. The summed E-state index contributed by atoms with van der Waals surface area (Å²) >= 11 is 5.95. The number of carbonyl (C=O) groups is 1. The highest BCUT2D eigenvalue weighted by molar-refractivity contribution is 6.32. The molecular formula is C17H19ClN2O4. The first-order valence-corrected chi connectivity index (χ1v) is 8.09. The van der Waals surface area contributed by atoms with E-state index >= 15 is 0 Å². The van der Waals surface area contributed by atoms with Crippen LogP contribution in [0.2, 0.25) is 5.02 Å². The molecule has 1 saturated heterocycles. The second kappa shape index (κ2) is 8.57. The summed E-state index contributed by atoms with van der Waals surface area (Å²) in [5.74, 6) is -0.444. The predicted molar refractivity (Wildman–Crippen MR) is 89.9 cm³/mol. The van der Waals surface area contributed by atoms with Crippen LogP contribution in [0.4, 0.5) is 0 Å². The molecule has 1 heterocycles. The van der Waals surface area contributed by atoms with Crippen LogP contribution >= 0.6 is 11.6 Å². The number of phenols is 1. The standard InChI is InChI=1S/C17H19ClN2O4/c1-2-23-15-8-11(7-14(18)16(15)21)6-12(9-19)17(22)20-10-13-4-3-5-24-13/h6-8,13,21H,2-5,10H2,1H3,(H,20,22). The van der Waals surface area contributed by atoms with E-state index in [2.05, 4.69) is 5.32 Å². The van der Waals surface area contributed by atoms with Crippen LogP contribution in [0.15, 0.2) is 17.7 Å². The molecule has 0 bridgehead atoms. The lowest BCUT2D eigenvalue weighted by Crippen LogP contribution is -2.32. The molecule has 1 aromatic rings. The number of hydrogen-bond donors (Lipinski definition) is 2. The van der Waals surface area contributed by atoms with Crippen molar-refractivity contribution in [3.05, 3.63) is 28.3 Å². The number of ether oxygens (including phenoxy) is 2. The number of carbonyl (C=O) groups excluding carboxylic acids is 1. The summed E-state index contributed by atoms with van der Waals surface area (Å²) in [6.45, 7) is 3.20. The quantitative estimate of drug-likeness (QED) is 0.608. The largest absolute Gasteiger partial charge is 0.503 e. The summed E-state index contributed by atoms with van der Waals surface area (Å²) in [7, 11) is 0. The molecule has 1 fully saturated rings. The van der Waals surface area contributed by atoms with Gasteiger partial charge in [-0.15, -0.1) is 0 Å².